The first-order chi connectivity index (χ1) is 19.5. The van der Waals surface area contributed by atoms with E-state index in [0.717, 1.165) is 11.1 Å². The molecule has 0 aliphatic carbocycles. The van der Waals surface area contributed by atoms with Crippen LogP contribution in [-0.4, -0.2) is 24.8 Å². The Hall–Kier alpha value is -4.78. The summed E-state index contributed by atoms with van der Waals surface area (Å²) >= 11 is 0. The van der Waals surface area contributed by atoms with Gasteiger partial charge in [0, 0.05) is 11.3 Å². The van der Waals surface area contributed by atoms with E-state index in [1.54, 1.807) is 47.4 Å². The van der Waals surface area contributed by atoms with Crippen molar-refractivity contribution in [2.24, 2.45) is 11.8 Å². The predicted molar refractivity (Wildman–Crippen MR) is 148 cm³/mol. The minimum Gasteiger partial charge on any atom is -0.489 e. The lowest BCUT2D eigenvalue weighted by molar-refractivity contribution is -0.145. The molecule has 0 spiro atoms. The first-order valence-corrected chi connectivity index (χ1v) is 13.0. The van der Waals surface area contributed by atoms with Crippen LogP contribution in [-0.2, 0) is 20.9 Å². The molecule has 3 unspecified atom stereocenters. The smallest absolute Gasteiger partial charge is 0.316 e. The van der Waals surface area contributed by atoms with Crippen molar-refractivity contribution in [3.8, 4) is 5.75 Å². The predicted octanol–water partition coefficient (Wildman–Crippen LogP) is 6.17. The number of anilines is 1. The molecule has 1 heterocycles. The second-order valence-corrected chi connectivity index (χ2v) is 9.62. The largest absolute Gasteiger partial charge is 0.489 e. The number of esters is 1. The van der Waals surface area contributed by atoms with Gasteiger partial charge in [-0.15, -0.1) is 0 Å². The highest BCUT2D eigenvalue weighted by molar-refractivity contribution is 6.10. The van der Waals surface area contributed by atoms with E-state index in [0.29, 0.717) is 23.6 Å². The van der Waals surface area contributed by atoms with Gasteiger partial charge in [0.25, 0.3) is 0 Å². The topological polar surface area (TPSA) is 72.9 Å². The summed E-state index contributed by atoms with van der Waals surface area (Å²) in [5.74, 6) is -2.91. The van der Waals surface area contributed by atoms with E-state index >= 15 is 0 Å². The van der Waals surface area contributed by atoms with Crippen LogP contribution in [0.5, 0.6) is 5.75 Å². The Balaban J connectivity index is 1.42. The van der Waals surface area contributed by atoms with E-state index in [9.17, 15) is 18.8 Å². The number of nitrogens with zero attached hydrogens (tertiary/aromatic N) is 1. The van der Waals surface area contributed by atoms with Crippen molar-refractivity contribution in [3.05, 3.63) is 132 Å². The molecule has 0 N–H and O–H groups in total. The molecule has 1 aliphatic heterocycles. The lowest BCUT2D eigenvalue weighted by Gasteiger charge is -2.48. The van der Waals surface area contributed by atoms with Gasteiger partial charge >= 0.3 is 5.97 Å². The van der Waals surface area contributed by atoms with E-state index in [4.69, 9.17) is 9.47 Å². The molecule has 0 aromatic heterocycles. The van der Waals surface area contributed by atoms with E-state index in [1.165, 1.54) is 19.2 Å². The van der Waals surface area contributed by atoms with Crippen molar-refractivity contribution in [1.29, 1.82) is 0 Å². The summed E-state index contributed by atoms with van der Waals surface area (Å²) in [5, 5.41) is 0. The summed E-state index contributed by atoms with van der Waals surface area (Å²) in [5.41, 5.74) is 2.74. The number of methoxy groups -OCH3 is 1. The zero-order valence-electron chi connectivity index (χ0n) is 21.9. The van der Waals surface area contributed by atoms with Crippen LogP contribution in [0.15, 0.2) is 109 Å². The number of β-lactam (4-membered cyclic amide) rings is 1. The van der Waals surface area contributed by atoms with Crippen molar-refractivity contribution in [3.63, 3.8) is 0 Å². The molecule has 6 nitrogen and oxygen atoms in total. The van der Waals surface area contributed by atoms with Crippen molar-refractivity contribution in [2.45, 2.75) is 19.1 Å². The molecule has 0 bridgehead atoms. The lowest BCUT2D eigenvalue weighted by Crippen LogP contribution is -2.56. The highest BCUT2D eigenvalue weighted by Crippen LogP contribution is 2.47. The van der Waals surface area contributed by atoms with Gasteiger partial charge in [-0.1, -0.05) is 72.8 Å². The van der Waals surface area contributed by atoms with Crippen molar-refractivity contribution >= 4 is 23.3 Å². The first-order valence-electron chi connectivity index (χ1n) is 13.0. The molecule has 1 saturated heterocycles. The third-order valence-electron chi connectivity index (χ3n) is 7.14. The number of carbonyl (C=O) groups excluding carboxylic acids is 3. The second kappa shape index (κ2) is 11.9. The molecule has 0 saturated carbocycles. The maximum atomic E-state index is 13.6. The molecular formula is C33H28FNO5. The quantitative estimate of drug-likeness (QED) is 0.105. The number of ketones is 1. The van der Waals surface area contributed by atoms with Crippen LogP contribution < -0.4 is 9.64 Å². The molecule has 3 atom stereocenters. The van der Waals surface area contributed by atoms with Crippen molar-refractivity contribution < 1.29 is 28.2 Å². The van der Waals surface area contributed by atoms with Gasteiger partial charge in [-0.25, -0.2) is 4.39 Å². The SMILES string of the molecule is COC(=O)C(CC1C(=O)N(c2ccc(F)cc2)C1c1ccc(OCc2ccccc2)cc1)C(=O)c1ccccc1. The Labute approximate surface area is 232 Å². The van der Waals surface area contributed by atoms with E-state index in [2.05, 4.69) is 0 Å². The van der Waals surface area contributed by atoms with Crippen LogP contribution in [0.4, 0.5) is 10.1 Å². The van der Waals surface area contributed by atoms with E-state index < -0.39 is 35.4 Å². The zero-order valence-corrected chi connectivity index (χ0v) is 21.9. The highest BCUT2D eigenvalue weighted by atomic mass is 19.1. The summed E-state index contributed by atoms with van der Waals surface area (Å²) < 4.78 is 24.5. The van der Waals surface area contributed by atoms with Gasteiger partial charge < -0.3 is 14.4 Å². The molecule has 202 valence electrons. The average Bonchev–Trinajstić information content (AvgIpc) is 3.00. The molecule has 1 amide bonds. The highest BCUT2D eigenvalue weighted by Gasteiger charge is 2.51. The van der Waals surface area contributed by atoms with Crippen molar-refractivity contribution in [2.75, 3.05) is 12.0 Å². The van der Waals surface area contributed by atoms with Gasteiger partial charge in [0.2, 0.25) is 5.91 Å². The molecule has 1 aliphatic rings. The molecule has 5 rings (SSSR count). The second-order valence-electron chi connectivity index (χ2n) is 9.62. The van der Waals surface area contributed by atoms with Crippen LogP contribution in [0.3, 0.4) is 0 Å². The monoisotopic (exact) mass is 537 g/mol. The van der Waals surface area contributed by atoms with Crippen LogP contribution in [0.1, 0.15) is 33.9 Å². The average molecular weight is 538 g/mol. The Morgan fingerprint density at radius 1 is 0.850 bits per heavy atom. The Kier molecular flexibility index (Phi) is 8.01. The third-order valence-corrected chi connectivity index (χ3v) is 7.14. The standard InChI is InChI=1S/C33H28FNO5/c1-39-33(38)29(31(36)24-10-6-3-7-11-24)20-28-30(35(32(28)37)26-16-14-25(34)15-17-26)23-12-18-27(19-13-23)40-21-22-8-4-2-5-9-22/h2-19,28-30H,20-21H2,1H3. The number of benzene rings is 4. The van der Waals surface area contributed by atoms with Crippen LogP contribution in [0.25, 0.3) is 0 Å². The van der Waals surface area contributed by atoms with Gasteiger partial charge in [0.05, 0.1) is 19.1 Å². The third kappa shape index (κ3) is 5.64. The maximum absolute atomic E-state index is 13.6. The summed E-state index contributed by atoms with van der Waals surface area (Å²) in [7, 11) is 1.23. The van der Waals surface area contributed by atoms with Gasteiger partial charge in [-0.05, 0) is 53.9 Å². The number of ether oxygens (including phenoxy) is 2. The number of carbonyl (C=O) groups is 3. The number of halogens is 1. The zero-order chi connectivity index (χ0) is 28.1. The molecule has 40 heavy (non-hydrogen) atoms. The molecule has 1 fully saturated rings. The summed E-state index contributed by atoms with van der Waals surface area (Å²) in [4.78, 5) is 41.1. The molecular weight excluding hydrogens is 509 g/mol. The van der Waals surface area contributed by atoms with Gasteiger partial charge in [0.1, 0.15) is 24.1 Å². The number of hydrogen-bond acceptors (Lipinski definition) is 5. The minimum absolute atomic E-state index is 0.0200. The fourth-order valence-electron chi connectivity index (χ4n) is 5.06. The van der Waals surface area contributed by atoms with Gasteiger partial charge in [-0.3, -0.25) is 14.4 Å². The Morgan fingerprint density at radius 2 is 1.48 bits per heavy atom. The number of rotatable bonds is 10. The Bertz CT molecular complexity index is 1470. The number of Topliss-reactive ketones (excluding diaryl/α,β-unsaturated/α-hetero) is 1. The normalized spacial score (nSPS) is 17.1. The summed E-state index contributed by atoms with van der Waals surface area (Å²) in [6.45, 7) is 0.412. The first kappa shape index (κ1) is 26.8. The maximum Gasteiger partial charge on any atom is 0.316 e. The number of hydrogen-bond donors (Lipinski definition) is 0. The molecule has 7 heteroatoms. The Morgan fingerprint density at radius 3 is 2.10 bits per heavy atom. The molecule has 0 radical (unpaired) electrons. The van der Waals surface area contributed by atoms with Crippen LogP contribution >= 0.6 is 0 Å². The van der Waals surface area contributed by atoms with Gasteiger partial charge in [-0.2, -0.15) is 0 Å². The molecule has 4 aromatic carbocycles. The fourth-order valence-corrected chi connectivity index (χ4v) is 5.06. The lowest BCUT2D eigenvalue weighted by atomic mass is 9.75. The van der Waals surface area contributed by atoms with Crippen LogP contribution in [0, 0.1) is 17.7 Å². The van der Waals surface area contributed by atoms with Gasteiger partial charge in [0.15, 0.2) is 5.78 Å². The van der Waals surface area contributed by atoms with Crippen molar-refractivity contribution in [1.82, 2.24) is 0 Å². The minimum atomic E-state index is -1.15. The van der Waals surface area contributed by atoms with E-state index in [1.807, 2.05) is 54.6 Å². The molecule has 4 aromatic rings. The summed E-state index contributed by atoms with van der Waals surface area (Å²) in [6, 6.07) is 30.9. The van der Waals surface area contributed by atoms with E-state index in [-0.39, 0.29) is 12.3 Å². The number of amides is 1. The van der Waals surface area contributed by atoms with Crippen LogP contribution in [0.2, 0.25) is 0 Å². The fraction of sp³-hybridized carbons (Fsp3) is 0.182. The summed E-state index contributed by atoms with van der Waals surface area (Å²) in [6.07, 6.45) is -0.0200.